The molecule has 23 heavy (non-hydrogen) atoms. The molecule has 126 valence electrons. The number of morpholine rings is 1. The van der Waals surface area contributed by atoms with Crippen molar-refractivity contribution in [3.63, 3.8) is 0 Å². The highest BCUT2D eigenvalue weighted by Crippen LogP contribution is 2.41. The predicted octanol–water partition coefficient (Wildman–Crippen LogP) is 1.44. The van der Waals surface area contributed by atoms with Crippen LogP contribution in [0.5, 0.6) is 0 Å². The van der Waals surface area contributed by atoms with Gasteiger partial charge in [0.25, 0.3) is 0 Å². The van der Waals surface area contributed by atoms with Crippen LogP contribution in [0.2, 0.25) is 0 Å². The number of aliphatic carboxylic acids is 1. The van der Waals surface area contributed by atoms with Crippen LogP contribution in [0.15, 0.2) is 17.5 Å². The quantitative estimate of drug-likeness (QED) is 0.880. The van der Waals surface area contributed by atoms with Crippen LogP contribution in [0.3, 0.4) is 0 Å². The van der Waals surface area contributed by atoms with E-state index in [-0.39, 0.29) is 24.4 Å². The van der Waals surface area contributed by atoms with Crippen molar-refractivity contribution in [1.82, 2.24) is 9.80 Å². The first-order valence-corrected chi connectivity index (χ1v) is 8.83. The molecule has 2 saturated heterocycles. The maximum absolute atomic E-state index is 12.5. The fourth-order valence-electron chi connectivity index (χ4n) is 3.54. The number of carbonyl (C=O) groups excluding carboxylic acids is 1. The minimum absolute atomic E-state index is 0.0166. The van der Waals surface area contributed by atoms with Crippen LogP contribution in [0.4, 0.5) is 0 Å². The second kappa shape index (κ2) is 6.98. The number of hydrogen-bond donors (Lipinski definition) is 1. The lowest BCUT2D eigenvalue weighted by Gasteiger charge is -2.36. The SMILES string of the molecule is CC(CN1CCOCC1)N1C(=O)CC(C(=O)O)C1c1cccs1. The van der Waals surface area contributed by atoms with E-state index in [1.807, 2.05) is 24.4 Å². The molecule has 1 amide bonds. The highest BCUT2D eigenvalue weighted by Gasteiger charge is 2.47. The largest absolute Gasteiger partial charge is 0.481 e. The van der Waals surface area contributed by atoms with E-state index in [9.17, 15) is 14.7 Å². The molecule has 0 bridgehead atoms. The monoisotopic (exact) mass is 338 g/mol. The number of carboxylic acid groups (broad SMARTS) is 1. The summed E-state index contributed by atoms with van der Waals surface area (Å²) in [4.78, 5) is 29.1. The van der Waals surface area contributed by atoms with Crippen molar-refractivity contribution in [3.05, 3.63) is 22.4 Å². The number of likely N-dealkylation sites (tertiary alicyclic amines) is 1. The summed E-state index contributed by atoms with van der Waals surface area (Å²) in [6.45, 7) is 5.91. The molecule has 2 aliphatic rings. The zero-order chi connectivity index (χ0) is 16.4. The third kappa shape index (κ3) is 3.41. The van der Waals surface area contributed by atoms with E-state index in [4.69, 9.17) is 4.74 Å². The summed E-state index contributed by atoms with van der Waals surface area (Å²) in [5.74, 6) is -1.61. The predicted molar refractivity (Wildman–Crippen MR) is 86.4 cm³/mol. The Kier molecular flexibility index (Phi) is 4.99. The van der Waals surface area contributed by atoms with Crippen LogP contribution in [0, 0.1) is 5.92 Å². The first kappa shape index (κ1) is 16.4. The van der Waals surface area contributed by atoms with E-state index in [1.165, 1.54) is 11.3 Å². The summed E-state index contributed by atoms with van der Waals surface area (Å²) in [7, 11) is 0. The maximum Gasteiger partial charge on any atom is 0.309 e. The minimum atomic E-state index is -0.891. The van der Waals surface area contributed by atoms with Crippen LogP contribution in [-0.4, -0.2) is 65.7 Å². The topological polar surface area (TPSA) is 70.1 Å². The van der Waals surface area contributed by atoms with Crippen LogP contribution >= 0.6 is 11.3 Å². The molecule has 3 heterocycles. The fourth-order valence-corrected chi connectivity index (χ4v) is 4.43. The smallest absolute Gasteiger partial charge is 0.309 e. The number of thiophene rings is 1. The second-order valence-corrected chi connectivity index (χ2v) is 7.15. The number of rotatable bonds is 5. The Bertz CT molecular complexity index is 556. The van der Waals surface area contributed by atoms with E-state index in [0.29, 0.717) is 13.2 Å². The Morgan fingerprint density at radius 1 is 1.48 bits per heavy atom. The van der Waals surface area contributed by atoms with E-state index in [0.717, 1.165) is 24.5 Å². The highest BCUT2D eigenvalue weighted by molar-refractivity contribution is 7.10. The summed E-state index contributed by atoms with van der Waals surface area (Å²) in [5.41, 5.74) is 0. The van der Waals surface area contributed by atoms with E-state index >= 15 is 0 Å². The Balaban J connectivity index is 1.79. The van der Waals surface area contributed by atoms with Crippen LogP contribution in [0.1, 0.15) is 24.3 Å². The molecular formula is C16H22N2O4S. The molecular weight excluding hydrogens is 316 g/mol. The molecule has 0 saturated carbocycles. The first-order valence-electron chi connectivity index (χ1n) is 7.95. The molecule has 2 fully saturated rings. The van der Waals surface area contributed by atoms with E-state index in [2.05, 4.69) is 4.90 Å². The van der Waals surface area contributed by atoms with Gasteiger partial charge in [0.1, 0.15) is 0 Å². The normalized spacial score (nSPS) is 27.3. The lowest BCUT2D eigenvalue weighted by molar-refractivity contribution is -0.142. The van der Waals surface area contributed by atoms with Crippen LogP contribution in [0.25, 0.3) is 0 Å². The van der Waals surface area contributed by atoms with Gasteiger partial charge < -0.3 is 14.7 Å². The summed E-state index contributed by atoms with van der Waals surface area (Å²) < 4.78 is 5.36. The zero-order valence-corrected chi connectivity index (χ0v) is 14.0. The third-order valence-electron chi connectivity index (χ3n) is 4.62. The molecule has 1 N–H and O–H groups in total. The zero-order valence-electron chi connectivity index (χ0n) is 13.2. The Hall–Kier alpha value is -1.44. The van der Waals surface area contributed by atoms with Crippen molar-refractivity contribution >= 4 is 23.2 Å². The molecule has 3 atom stereocenters. The van der Waals surface area contributed by atoms with Gasteiger partial charge >= 0.3 is 5.97 Å². The molecule has 1 aromatic rings. The number of amides is 1. The van der Waals surface area contributed by atoms with Gasteiger partial charge in [-0.1, -0.05) is 6.07 Å². The van der Waals surface area contributed by atoms with E-state index in [1.54, 1.807) is 4.90 Å². The Labute approximate surface area is 139 Å². The lowest BCUT2D eigenvalue weighted by Crippen LogP contribution is -2.47. The number of carbonyl (C=O) groups is 2. The average Bonchev–Trinajstić information content (AvgIpc) is 3.15. The van der Waals surface area contributed by atoms with Gasteiger partial charge in [-0.25, -0.2) is 0 Å². The van der Waals surface area contributed by atoms with E-state index < -0.39 is 11.9 Å². The fraction of sp³-hybridized carbons (Fsp3) is 0.625. The van der Waals surface area contributed by atoms with Gasteiger partial charge in [-0.15, -0.1) is 11.3 Å². The van der Waals surface area contributed by atoms with Gasteiger partial charge in [-0.05, 0) is 18.4 Å². The van der Waals surface area contributed by atoms with Crippen LogP contribution < -0.4 is 0 Å². The van der Waals surface area contributed by atoms with Gasteiger partial charge in [0.15, 0.2) is 0 Å². The van der Waals surface area contributed by atoms with Gasteiger partial charge in [0, 0.05) is 37.0 Å². The average molecular weight is 338 g/mol. The molecule has 0 spiro atoms. The lowest BCUT2D eigenvalue weighted by atomic mass is 9.98. The molecule has 0 aliphatic carbocycles. The van der Waals surface area contributed by atoms with Crippen molar-refractivity contribution in [3.8, 4) is 0 Å². The van der Waals surface area contributed by atoms with Crippen molar-refractivity contribution in [2.24, 2.45) is 5.92 Å². The Morgan fingerprint density at radius 3 is 2.83 bits per heavy atom. The summed E-state index contributed by atoms with van der Waals surface area (Å²) >= 11 is 1.52. The first-order chi connectivity index (χ1) is 11.1. The van der Waals surface area contributed by atoms with Crippen molar-refractivity contribution in [2.45, 2.75) is 25.4 Å². The molecule has 2 aliphatic heterocycles. The summed E-state index contributed by atoms with van der Waals surface area (Å²) in [5, 5.41) is 11.5. The maximum atomic E-state index is 12.5. The Morgan fingerprint density at radius 2 is 2.22 bits per heavy atom. The highest BCUT2D eigenvalue weighted by atomic mass is 32.1. The van der Waals surface area contributed by atoms with Gasteiger partial charge in [-0.3, -0.25) is 14.5 Å². The molecule has 6 nitrogen and oxygen atoms in total. The minimum Gasteiger partial charge on any atom is -0.481 e. The molecule has 3 unspecified atom stereocenters. The number of nitrogens with zero attached hydrogens (tertiary/aromatic N) is 2. The molecule has 0 radical (unpaired) electrons. The van der Waals surface area contributed by atoms with Gasteiger partial charge in [0.2, 0.25) is 5.91 Å². The third-order valence-corrected chi connectivity index (χ3v) is 5.56. The second-order valence-electron chi connectivity index (χ2n) is 6.17. The van der Waals surface area contributed by atoms with Gasteiger partial charge in [-0.2, -0.15) is 0 Å². The van der Waals surface area contributed by atoms with Crippen molar-refractivity contribution in [1.29, 1.82) is 0 Å². The number of carboxylic acids is 1. The number of ether oxygens (including phenoxy) is 1. The molecule has 7 heteroatoms. The summed E-state index contributed by atoms with van der Waals surface area (Å²) in [6.07, 6.45) is 0.0886. The molecule has 0 aromatic carbocycles. The van der Waals surface area contributed by atoms with Crippen LogP contribution in [-0.2, 0) is 14.3 Å². The van der Waals surface area contributed by atoms with Crippen molar-refractivity contribution < 1.29 is 19.4 Å². The van der Waals surface area contributed by atoms with Crippen molar-refractivity contribution in [2.75, 3.05) is 32.8 Å². The standard InChI is InChI=1S/C16H22N2O4S/c1-11(10-17-4-6-22-7-5-17)18-14(19)9-12(16(20)21)15(18)13-3-2-8-23-13/h2-3,8,11-12,15H,4-7,9-10H2,1H3,(H,20,21). The summed E-state index contributed by atoms with van der Waals surface area (Å²) in [6, 6.07) is 3.47. The van der Waals surface area contributed by atoms with Gasteiger partial charge in [0.05, 0.1) is 25.2 Å². The molecule has 1 aromatic heterocycles. The number of hydrogen-bond acceptors (Lipinski definition) is 5. The molecule has 3 rings (SSSR count).